The molecule has 0 bridgehead atoms. The molecule has 0 aliphatic carbocycles. The second kappa shape index (κ2) is 11.2. The molecule has 0 aromatic carbocycles. The van der Waals surface area contributed by atoms with Crippen molar-refractivity contribution in [3.63, 3.8) is 0 Å². The summed E-state index contributed by atoms with van der Waals surface area (Å²) < 4.78 is 82.5. The first-order chi connectivity index (χ1) is 18.2. The van der Waals surface area contributed by atoms with Gasteiger partial charge in [-0.25, -0.2) is 9.97 Å². The number of thiazole rings is 1. The largest absolute Gasteiger partial charge is 0.417 e. The van der Waals surface area contributed by atoms with E-state index >= 15 is 0 Å². The number of halogens is 6. The lowest BCUT2D eigenvalue weighted by Crippen LogP contribution is -2.40. The fourth-order valence-corrected chi connectivity index (χ4v) is 5.49. The predicted octanol–water partition coefficient (Wildman–Crippen LogP) is 5.06. The number of alkyl halides is 6. The molecule has 2 aromatic heterocycles. The Morgan fingerprint density at radius 2 is 1.85 bits per heavy atom. The van der Waals surface area contributed by atoms with Crippen LogP contribution in [0.5, 0.6) is 0 Å². The molecule has 1 fully saturated rings. The van der Waals surface area contributed by atoms with Crippen molar-refractivity contribution < 1.29 is 41.0 Å². The Morgan fingerprint density at radius 1 is 1.20 bits per heavy atom. The molecule has 3 heterocycles. The number of amides is 2. The minimum atomic E-state index is -4.92. The number of β-amino-alcohol motifs (C(OH)–C–C–N with tert-alkyl or cyclic N) is 1. The van der Waals surface area contributed by atoms with Gasteiger partial charge in [-0.05, 0) is 47.1 Å². The van der Waals surface area contributed by atoms with Gasteiger partial charge < -0.3 is 10.4 Å². The number of rotatable bonds is 9. The van der Waals surface area contributed by atoms with Gasteiger partial charge in [0, 0.05) is 43.4 Å². The molecule has 3 rings (SSSR count). The van der Waals surface area contributed by atoms with Crippen LogP contribution in [0.4, 0.5) is 32.2 Å². The number of anilines is 1. The Bertz CT molecular complexity index is 1240. The molecule has 1 aliphatic rings. The molecule has 1 saturated heterocycles. The normalized spacial score (nSPS) is 19.1. The van der Waals surface area contributed by atoms with Crippen molar-refractivity contribution in [2.24, 2.45) is 5.41 Å². The summed E-state index contributed by atoms with van der Waals surface area (Å²) in [6.45, 7) is 6.94. The molecule has 15 heteroatoms. The highest BCUT2D eigenvalue weighted by molar-refractivity contribution is 7.17. The number of carbonyl (C=O) groups is 2. The number of likely N-dealkylation sites (tertiary alicyclic amines) is 1. The minimum absolute atomic E-state index is 0.0142. The molecule has 3 N–H and O–H groups in total. The van der Waals surface area contributed by atoms with Gasteiger partial charge in [-0.15, -0.1) is 11.3 Å². The summed E-state index contributed by atoms with van der Waals surface area (Å²) in [4.78, 5) is 33.5. The number of pyridine rings is 1. The van der Waals surface area contributed by atoms with Crippen LogP contribution in [0.1, 0.15) is 68.0 Å². The summed E-state index contributed by atoms with van der Waals surface area (Å²) in [7, 11) is 0. The van der Waals surface area contributed by atoms with Crippen LogP contribution in [-0.2, 0) is 11.0 Å². The third-order valence-corrected chi connectivity index (χ3v) is 7.75. The smallest absolute Gasteiger partial charge is 0.389 e. The maximum atomic E-state index is 14.3. The van der Waals surface area contributed by atoms with E-state index < -0.39 is 53.1 Å². The van der Waals surface area contributed by atoms with E-state index in [1.165, 1.54) is 0 Å². The van der Waals surface area contributed by atoms with Crippen molar-refractivity contribution in [2.75, 3.05) is 25.0 Å². The van der Waals surface area contributed by atoms with E-state index in [1.54, 1.807) is 13.8 Å². The van der Waals surface area contributed by atoms with Crippen molar-refractivity contribution in [1.29, 1.82) is 0 Å². The van der Waals surface area contributed by atoms with Gasteiger partial charge in [-0.1, -0.05) is 0 Å². The molecule has 0 radical (unpaired) electrons. The zero-order chi connectivity index (χ0) is 30.3. The topological polar surface area (TPSA) is 107 Å². The molecule has 40 heavy (non-hydrogen) atoms. The summed E-state index contributed by atoms with van der Waals surface area (Å²) in [6.07, 6.45) is -8.01. The Kier molecular flexibility index (Phi) is 8.92. The van der Waals surface area contributed by atoms with Crippen LogP contribution >= 0.6 is 11.3 Å². The van der Waals surface area contributed by atoms with Gasteiger partial charge in [0.05, 0.1) is 27.2 Å². The molecule has 0 spiro atoms. The molecule has 1 aliphatic heterocycles. The lowest BCUT2D eigenvalue weighted by molar-refractivity contribution is -0.206. The molecule has 2 atom stereocenters. The number of aliphatic hydroxyl groups is 1. The number of nitrogens with zero attached hydrogens (tertiary/aromatic N) is 3. The zero-order valence-corrected chi connectivity index (χ0v) is 23.3. The minimum Gasteiger partial charge on any atom is -0.389 e. The average molecular weight is 596 g/mol. The number of nitrogens with one attached hydrogen (secondary N) is 2. The highest BCUT2D eigenvalue weighted by Crippen LogP contribution is 2.45. The Morgan fingerprint density at radius 3 is 2.40 bits per heavy atom. The maximum Gasteiger partial charge on any atom is 0.417 e. The van der Waals surface area contributed by atoms with Gasteiger partial charge >= 0.3 is 12.4 Å². The van der Waals surface area contributed by atoms with E-state index in [4.69, 9.17) is 0 Å². The zero-order valence-electron chi connectivity index (χ0n) is 22.5. The van der Waals surface area contributed by atoms with Gasteiger partial charge in [0.1, 0.15) is 5.82 Å². The molecule has 2 aromatic rings. The summed E-state index contributed by atoms with van der Waals surface area (Å²) >= 11 is 0.661. The van der Waals surface area contributed by atoms with Crippen molar-refractivity contribution in [1.82, 2.24) is 20.2 Å². The highest BCUT2D eigenvalue weighted by Gasteiger charge is 2.47. The van der Waals surface area contributed by atoms with Crippen LogP contribution in [0.25, 0.3) is 10.4 Å². The molecule has 8 nitrogen and oxygen atoms in total. The Hall–Kier alpha value is -2.78. The first kappa shape index (κ1) is 31.7. The quantitative estimate of drug-likeness (QED) is 0.275. The van der Waals surface area contributed by atoms with Crippen molar-refractivity contribution >= 4 is 29.5 Å². The Labute approximate surface area is 231 Å². The van der Waals surface area contributed by atoms with Gasteiger partial charge in [-0.3, -0.25) is 19.8 Å². The SMILES string of the molecule is C[C@H]1CC(c2nc(C(=O)NC=O)sc2-c2cnc(NCC(C)(C)C(F)(F)F)cc2C(F)(F)F)CN1CC(C)(C)O. The van der Waals surface area contributed by atoms with E-state index in [-0.39, 0.29) is 33.6 Å². The summed E-state index contributed by atoms with van der Waals surface area (Å²) in [5, 5.41) is 14.3. The van der Waals surface area contributed by atoms with Crippen molar-refractivity contribution in [2.45, 2.75) is 71.0 Å². The second-order valence-corrected chi connectivity index (χ2v) is 12.2. The van der Waals surface area contributed by atoms with E-state index in [0.717, 1.165) is 20.0 Å². The van der Waals surface area contributed by atoms with Gasteiger partial charge in [-0.2, -0.15) is 26.3 Å². The summed E-state index contributed by atoms with van der Waals surface area (Å²) in [6, 6.07) is 0.580. The summed E-state index contributed by atoms with van der Waals surface area (Å²) in [5.41, 5.74) is -4.61. The lowest BCUT2D eigenvalue weighted by Gasteiger charge is -2.28. The molecule has 2 amide bonds. The van der Waals surface area contributed by atoms with Crippen LogP contribution in [-0.4, -0.2) is 69.7 Å². The molecule has 0 saturated carbocycles. The van der Waals surface area contributed by atoms with Crippen LogP contribution < -0.4 is 10.6 Å². The fourth-order valence-electron chi connectivity index (χ4n) is 4.41. The van der Waals surface area contributed by atoms with Crippen molar-refractivity contribution in [3.05, 3.63) is 28.5 Å². The van der Waals surface area contributed by atoms with Crippen LogP contribution in [0.2, 0.25) is 0 Å². The van der Waals surface area contributed by atoms with E-state index in [1.807, 2.05) is 17.1 Å². The van der Waals surface area contributed by atoms with Gasteiger partial charge in [0.25, 0.3) is 5.91 Å². The summed E-state index contributed by atoms with van der Waals surface area (Å²) in [5.74, 6) is -1.70. The van der Waals surface area contributed by atoms with Crippen LogP contribution in [0.3, 0.4) is 0 Å². The van der Waals surface area contributed by atoms with Gasteiger partial charge in [0.15, 0.2) is 5.01 Å². The lowest BCUT2D eigenvalue weighted by atomic mass is 9.92. The molecular formula is C25H31F6N5O3S. The van der Waals surface area contributed by atoms with Crippen LogP contribution in [0, 0.1) is 5.41 Å². The molecule has 1 unspecified atom stereocenters. The number of hydrogen-bond acceptors (Lipinski definition) is 8. The second-order valence-electron chi connectivity index (χ2n) is 11.2. The van der Waals surface area contributed by atoms with E-state index in [2.05, 4.69) is 15.3 Å². The third-order valence-electron chi connectivity index (χ3n) is 6.65. The van der Waals surface area contributed by atoms with Crippen LogP contribution in [0.15, 0.2) is 12.3 Å². The number of carbonyl (C=O) groups excluding carboxylic acids is 2. The van der Waals surface area contributed by atoms with E-state index in [0.29, 0.717) is 36.9 Å². The maximum absolute atomic E-state index is 14.3. The predicted molar refractivity (Wildman–Crippen MR) is 137 cm³/mol. The third kappa shape index (κ3) is 7.29. The Balaban J connectivity index is 2.07. The average Bonchev–Trinajstić information content (AvgIpc) is 3.39. The van der Waals surface area contributed by atoms with E-state index in [9.17, 15) is 41.0 Å². The number of aromatic nitrogens is 2. The molecule has 222 valence electrons. The first-order valence-electron chi connectivity index (χ1n) is 12.3. The number of hydrogen-bond donors (Lipinski definition) is 3. The monoisotopic (exact) mass is 595 g/mol. The standard InChI is InChI=1S/C25H31F6N5O3S/c1-13-6-14(9-36(13)11-23(4,5)39)18-19(40-21(35-18)20(38)34-12-37)15-8-32-17(7-16(15)24(26,27)28)33-10-22(2,3)25(29,30)31/h7-8,12-14,39H,6,9-11H2,1-5H3,(H,32,33)(H,34,37,38)/t13-,14?/m0/s1. The molecular weight excluding hydrogens is 564 g/mol. The van der Waals surface area contributed by atoms with Crippen molar-refractivity contribution in [3.8, 4) is 10.4 Å². The first-order valence-corrected chi connectivity index (χ1v) is 13.1. The highest BCUT2D eigenvalue weighted by atomic mass is 32.1. The van der Waals surface area contributed by atoms with Gasteiger partial charge in [0.2, 0.25) is 6.41 Å². The fraction of sp³-hybridized carbons (Fsp3) is 0.600. The number of imide groups is 1.